The van der Waals surface area contributed by atoms with Crippen LogP contribution in [0.3, 0.4) is 0 Å². The first-order chi connectivity index (χ1) is 10.7. The summed E-state index contributed by atoms with van der Waals surface area (Å²) in [5.74, 6) is 1.78. The Morgan fingerprint density at radius 2 is 2.00 bits per heavy atom. The Bertz CT molecular complexity index is 499. The van der Waals surface area contributed by atoms with Crippen molar-refractivity contribution in [1.29, 1.82) is 0 Å². The molecule has 2 rings (SSSR count). The molecule has 0 aliphatic carbocycles. The average molecular weight is 306 g/mol. The molecule has 1 saturated heterocycles. The number of ether oxygens (including phenoxy) is 2. The first-order valence-corrected chi connectivity index (χ1v) is 7.83. The summed E-state index contributed by atoms with van der Waals surface area (Å²) >= 11 is 0. The fraction of sp³-hybridized carbons (Fsp3) is 0.588. The van der Waals surface area contributed by atoms with E-state index in [2.05, 4.69) is 5.32 Å². The van der Waals surface area contributed by atoms with Gasteiger partial charge < -0.3 is 19.7 Å². The zero-order valence-corrected chi connectivity index (χ0v) is 13.7. The van der Waals surface area contributed by atoms with E-state index in [1.807, 2.05) is 30.1 Å². The number of hydrogen-bond donors (Lipinski definition) is 1. The molecule has 1 fully saturated rings. The number of carbonyl (C=O) groups is 1. The van der Waals surface area contributed by atoms with E-state index in [0.717, 1.165) is 43.0 Å². The summed E-state index contributed by atoms with van der Waals surface area (Å²) in [6, 6.07) is 6.05. The van der Waals surface area contributed by atoms with E-state index in [0.29, 0.717) is 18.9 Å². The number of carbonyl (C=O) groups excluding carboxylic acids is 1. The number of hydrogen-bond acceptors (Lipinski definition) is 4. The van der Waals surface area contributed by atoms with E-state index in [1.165, 1.54) is 0 Å². The second-order valence-electron chi connectivity index (χ2n) is 5.66. The Kier molecular flexibility index (Phi) is 6.07. The molecule has 0 unspecified atom stereocenters. The molecule has 1 aromatic rings. The van der Waals surface area contributed by atoms with Crippen molar-refractivity contribution in [3.8, 4) is 11.5 Å². The van der Waals surface area contributed by atoms with Gasteiger partial charge in [0.1, 0.15) is 11.5 Å². The molecule has 0 atom stereocenters. The van der Waals surface area contributed by atoms with Gasteiger partial charge in [0.25, 0.3) is 0 Å². The summed E-state index contributed by atoms with van der Waals surface area (Å²) in [6.45, 7) is 1.98. The lowest BCUT2D eigenvalue weighted by molar-refractivity contribution is -0.132. The van der Waals surface area contributed by atoms with Gasteiger partial charge in [0.05, 0.1) is 14.2 Å². The monoisotopic (exact) mass is 306 g/mol. The van der Waals surface area contributed by atoms with Crippen molar-refractivity contribution < 1.29 is 14.3 Å². The third kappa shape index (κ3) is 4.13. The van der Waals surface area contributed by atoms with Crippen molar-refractivity contribution in [1.82, 2.24) is 10.2 Å². The van der Waals surface area contributed by atoms with Crippen molar-refractivity contribution in [3.63, 3.8) is 0 Å². The predicted molar refractivity (Wildman–Crippen MR) is 86.5 cm³/mol. The van der Waals surface area contributed by atoms with Gasteiger partial charge in [-0.15, -0.1) is 0 Å². The van der Waals surface area contributed by atoms with E-state index in [4.69, 9.17) is 9.47 Å². The fourth-order valence-corrected chi connectivity index (χ4v) is 2.89. The highest BCUT2D eigenvalue weighted by Crippen LogP contribution is 2.25. The van der Waals surface area contributed by atoms with Gasteiger partial charge in [-0.1, -0.05) is 0 Å². The Balaban J connectivity index is 1.95. The number of nitrogens with zero attached hydrogens (tertiary/aromatic N) is 1. The van der Waals surface area contributed by atoms with E-state index in [-0.39, 0.29) is 5.91 Å². The minimum Gasteiger partial charge on any atom is -0.497 e. The number of piperidine rings is 1. The number of rotatable bonds is 6. The molecule has 1 N–H and O–H groups in total. The maximum absolute atomic E-state index is 12.4. The normalized spacial score (nSPS) is 15.4. The molecule has 5 nitrogen and oxygen atoms in total. The molecule has 0 bridgehead atoms. The minimum absolute atomic E-state index is 0.191. The van der Waals surface area contributed by atoms with Crippen LogP contribution in [-0.4, -0.2) is 51.2 Å². The lowest BCUT2D eigenvalue weighted by Gasteiger charge is -2.31. The Hall–Kier alpha value is -1.75. The first-order valence-electron chi connectivity index (χ1n) is 7.83. The lowest BCUT2D eigenvalue weighted by Crippen LogP contribution is -2.44. The number of amides is 1. The number of aryl methyl sites for hydroxylation is 1. The second kappa shape index (κ2) is 8.03. The third-order valence-electron chi connectivity index (χ3n) is 4.35. The Morgan fingerprint density at radius 3 is 2.64 bits per heavy atom. The molecule has 22 heavy (non-hydrogen) atoms. The number of methoxy groups -OCH3 is 2. The van der Waals surface area contributed by atoms with Crippen LogP contribution in [0.25, 0.3) is 0 Å². The maximum atomic E-state index is 12.4. The SMILES string of the molecule is COc1ccc(OC)c(CCC(=O)N(C)C2CCNCC2)c1. The van der Waals surface area contributed by atoms with Crippen LogP contribution in [-0.2, 0) is 11.2 Å². The van der Waals surface area contributed by atoms with Gasteiger partial charge in [0.2, 0.25) is 5.91 Å². The highest BCUT2D eigenvalue weighted by atomic mass is 16.5. The quantitative estimate of drug-likeness (QED) is 0.871. The zero-order chi connectivity index (χ0) is 15.9. The summed E-state index contributed by atoms with van der Waals surface area (Å²) in [5.41, 5.74) is 1.01. The standard InChI is InChI=1S/C17H26N2O3/c1-19(14-8-10-18-11-9-14)17(20)7-4-13-12-15(21-2)5-6-16(13)22-3/h5-6,12,14,18H,4,7-11H2,1-3H3. The third-order valence-corrected chi connectivity index (χ3v) is 4.35. The fourth-order valence-electron chi connectivity index (χ4n) is 2.89. The van der Waals surface area contributed by atoms with Gasteiger partial charge >= 0.3 is 0 Å². The topological polar surface area (TPSA) is 50.8 Å². The minimum atomic E-state index is 0.191. The molecular formula is C17H26N2O3. The molecule has 1 aliphatic rings. The van der Waals surface area contributed by atoms with Crippen molar-refractivity contribution in [2.45, 2.75) is 31.7 Å². The van der Waals surface area contributed by atoms with Gasteiger partial charge in [0, 0.05) is 19.5 Å². The summed E-state index contributed by atoms with van der Waals surface area (Å²) in [5, 5.41) is 3.33. The van der Waals surface area contributed by atoms with E-state index < -0.39 is 0 Å². The average Bonchev–Trinajstić information content (AvgIpc) is 2.59. The second-order valence-corrected chi connectivity index (χ2v) is 5.66. The molecular weight excluding hydrogens is 280 g/mol. The molecule has 0 aromatic heterocycles. The van der Waals surface area contributed by atoms with Crippen LogP contribution in [0.2, 0.25) is 0 Å². The van der Waals surface area contributed by atoms with Crippen molar-refractivity contribution in [2.75, 3.05) is 34.4 Å². The van der Waals surface area contributed by atoms with Crippen molar-refractivity contribution in [3.05, 3.63) is 23.8 Å². The van der Waals surface area contributed by atoms with Crippen LogP contribution in [0.5, 0.6) is 11.5 Å². The maximum Gasteiger partial charge on any atom is 0.222 e. The highest BCUT2D eigenvalue weighted by molar-refractivity contribution is 5.76. The van der Waals surface area contributed by atoms with Crippen molar-refractivity contribution >= 4 is 5.91 Å². The molecule has 0 saturated carbocycles. The van der Waals surface area contributed by atoms with Gasteiger partial charge in [-0.25, -0.2) is 0 Å². The van der Waals surface area contributed by atoms with Crippen LogP contribution in [0.1, 0.15) is 24.8 Å². The van der Waals surface area contributed by atoms with Gasteiger partial charge in [-0.3, -0.25) is 4.79 Å². The molecule has 1 aromatic carbocycles. The predicted octanol–water partition coefficient (Wildman–Crippen LogP) is 1.85. The highest BCUT2D eigenvalue weighted by Gasteiger charge is 2.21. The number of nitrogens with one attached hydrogen (secondary N) is 1. The summed E-state index contributed by atoms with van der Waals surface area (Å²) in [6.07, 6.45) is 3.22. The molecule has 0 spiro atoms. The van der Waals surface area contributed by atoms with Crippen LogP contribution in [0, 0.1) is 0 Å². The largest absolute Gasteiger partial charge is 0.497 e. The summed E-state index contributed by atoms with van der Waals surface area (Å²) in [7, 11) is 5.21. The Morgan fingerprint density at radius 1 is 1.27 bits per heavy atom. The molecule has 1 aliphatic heterocycles. The molecule has 0 radical (unpaired) electrons. The van der Waals surface area contributed by atoms with Gasteiger partial charge in [-0.2, -0.15) is 0 Å². The van der Waals surface area contributed by atoms with E-state index >= 15 is 0 Å². The van der Waals surface area contributed by atoms with Gasteiger partial charge in [0.15, 0.2) is 0 Å². The van der Waals surface area contributed by atoms with Crippen LogP contribution >= 0.6 is 0 Å². The van der Waals surface area contributed by atoms with Crippen LogP contribution < -0.4 is 14.8 Å². The number of benzene rings is 1. The Labute approximate surface area is 132 Å². The smallest absolute Gasteiger partial charge is 0.222 e. The van der Waals surface area contributed by atoms with E-state index in [1.54, 1.807) is 14.2 Å². The molecule has 5 heteroatoms. The van der Waals surface area contributed by atoms with Gasteiger partial charge in [-0.05, 0) is 56.1 Å². The molecule has 1 amide bonds. The van der Waals surface area contributed by atoms with E-state index in [9.17, 15) is 4.79 Å². The van der Waals surface area contributed by atoms with Crippen LogP contribution in [0.15, 0.2) is 18.2 Å². The summed E-state index contributed by atoms with van der Waals surface area (Å²) in [4.78, 5) is 14.3. The van der Waals surface area contributed by atoms with Crippen LogP contribution in [0.4, 0.5) is 0 Å². The first kappa shape index (κ1) is 16.6. The zero-order valence-electron chi connectivity index (χ0n) is 13.7. The molecule has 1 heterocycles. The molecule has 122 valence electrons. The lowest BCUT2D eigenvalue weighted by atomic mass is 10.0. The van der Waals surface area contributed by atoms with Crippen molar-refractivity contribution in [2.24, 2.45) is 0 Å². The summed E-state index contributed by atoms with van der Waals surface area (Å²) < 4.78 is 10.6.